The normalized spacial score (nSPS) is 14.8. The van der Waals surface area contributed by atoms with Gasteiger partial charge in [-0.2, -0.15) is 11.8 Å². The van der Waals surface area contributed by atoms with Gasteiger partial charge in [0.2, 0.25) is 23.6 Å². The Kier molecular flexibility index (Phi) is 15.2. The van der Waals surface area contributed by atoms with Gasteiger partial charge in [-0.3, -0.25) is 19.2 Å². The maximum absolute atomic E-state index is 13.5. The molecule has 11 heteroatoms. The van der Waals surface area contributed by atoms with Crippen molar-refractivity contribution in [2.24, 2.45) is 11.8 Å². The largest absolute Gasteiger partial charge is 0.480 e. The maximum Gasteiger partial charge on any atom is 0.326 e. The number of hydrogen-bond acceptors (Lipinski definition) is 6. The van der Waals surface area contributed by atoms with Crippen LogP contribution < -0.4 is 21.3 Å². The maximum atomic E-state index is 13.5. The van der Waals surface area contributed by atoms with Crippen molar-refractivity contribution in [3.8, 4) is 0 Å². The van der Waals surface area contributed by atoms with Crippen LogP contribution in [0.1, 0.15) is 59.4 Å². The van der Waals surface area contributed by atoms with Crippen LogP contribution in [0.2, 0.25) is 0 Å². The van der Waals surface area contributed by atoms with Crippen LogP contribution in [0.25, 0.3) is 0 Å². The van der Waals surface area contributed by atoms with E-state index in [1.54, 1.807) is 0 Å². The second kappa shape index (κ2) is 17.5. The minimum absolute atomic E-state index is 0.0289. The first-order valence-corrected chi connectivity index (χ1v) is 14.7. The number of carbonyl (C=O) groups excluding carboxylic acids is 4. The molecule has 0 aliphatic rings. The van der Waals surface area contributed by atoms with Crippen LogP contribution in [-0.2, 0) is 30.4 Å². The van der Waals surface area contributed by atoms with Gasteiger partial charge in [0.05, 0.1) is 0 Å². The molecular weight excluding hydrogens is 520 g/mol. The van der Waals surface area contributed by atoms with E-state index in [4.69, 9.17) is 0 Å². The molecule has 10 nitrogen and oxygen atoms in total. The highest BCUT2D eigenvalue weighted by Gasteiger charge is 2.33. The number of aliphatic carboxylic acids is 1. The van der Waals surface area contributed by atoms with Gasteiger partial charge in [0.25, 0.3) is 0 Å². The van der Waals surface area contributed by atoms with Crippen molar-refractivity contribution in [1.29, 1.82) is 0 Å². The van der Waals surface area contributed by atoms with Crippen molar-refractivity contribution in [2.45, 2.75) is 84.5 Å². The van der Waals surface area contributed by atoms with E-state index in [0.29, 0.717) is 18.6 Å². The summed E-state index contributed by atoms with van der Waals surface area (Å²) in [5, 5.41) is 20.4. The van der Waals surface area contributed by atoms with Crippen molar-refractivity contribution in [3.63, 3.8) is 0 Å². The first kappa shape index (κ1) is 33.9. The Morgan fingerprint density at radius 3 is 1.95 bits per heavy atom. The van der Waals surface area contributed by atoms with Crippen LogP contribution in [0.5, 0.6) is 0 Å². The van der Waals surface area contributed by atoms with E-state index in [2.05, 4.69) is 21.3 Å². The second-order valence-corrected chi connectivity index (χ2v) is 11.2. The second-order valence-electron chi connectivity index (χ2n) is 10.2. The quantitative estimate of drug-likeness (QED) is 0.194. The molecule has 1 aromatic carbocycles. The van der Waals surface area contributed by atoms with E-state index >= 15 is 0 Å². The predicted molar refractivity (Wildman–Crippen MR) is 153 cm³/mol. The minimum atomic E-state index is -1.15. The molecule has 0 heterocycles. The Balaban J connectivity index is 3.20. The molecule has 218 valence electrons. The van der Waals surface area contributed by atoms with Crippen LogP contribution in [0.4, 0.5) is 0 Å². The lowest BCUT2D eigenvalue weighted by molar-refractivity contribution is -0.142. The number of carboxylic acids is 1. The molecule has 39 heavy (non-hydrogen) atoms. The van der Waals surface area contributed by atoms with Gasteiger partial charge in [-0.05, 0) is 42.2 Å². The summed E-state index contributed by atoms with van der Waals surface area (Å²) in [4.78, 5) is 63.3. The zero-order chi connectivity index (χ0) is 29.5. The molecule has 0 spiro atoms. The van der Waals surface area contributed by atoms with Crippen LogP contribution in [0.15, 0.2) is 30.3 Å². The SMILES string of the molecule is CCC(C)C(NC(=O)C(CCSC)NC(C)=O)C(=O)NC(Cc1ccccc1)C(=O)NC(CC(C)C)C(=O)O. The summed E-state index contributed by atoms with van der Waals surface area (Å²) in [7, 11) is 0. The summed E-state index contributed by atoms with van der Waals surface area (Å²) < 4.78 is 0. The van der Waals surface area contributed by atoms with Gasteiger partial charge >= 0.3 is 5.97 Å². The monoisotopic (exact) mass is 564 g/mol. The van der Waals surface area contributed by atoms with E-state index in [0.717, 1.165) is 5.56 Å². The van der Waals surface area contributed by atoms with E-state index in [9.17, 15) is 29.1 Å². The Morgan fingerprint density at radius 2 is 1.44 bits per heavy atom. The van der Waals surface area contributed by atoms with Gasteiger partial charge < -0.3 is 26.4 Å². The van der Waals surface area contributed by atoms with Crippen molar-refractivity contribution >= 4 is 41.4 Å². The molecule has 0 saturated heterocycles. The topological polar surface area (TPSA) is 154 Å². The number of nitrogens with one attached hydrogen (secondary N) is 4. The summed E-state index contributed by atoms with van der Waals surface area (Å²) in [6.07, 6.45) is 3.23. The van der Waals surface area contributed by atoms with E-state index < -0.39 is 47.9 Å². The van der Waals surface area contributed by atoms with Gasteiger partial charge in [-0.15, -0.1) is 0 Å². The van der Waals surface area contributed by atoms with Crippen LogP contribution in [-0.4, -0.2) is 70.9 Å². The van der Waals surface area contributed by atoms with Gasteiger partial charge in [-0.25, -0.2) is 4.79 Å². The van der Waals surface area contributed by atoms with Gasteiger partial charge in [0.15, 0.2) is 0 Å². The molecule has 5 N–H and O–H groups in total. The average Bonchev–Trinajstić information content (AvgIpc) is 2.88. The Bertz CT molecular complexity index is 959. The summed E-state index contributed by atoms with van der Waals surface area (Å²) in [6, 6.07) is 5.13. The third-order valence-corrected chi connectivity index (χ3v) is 6.98. The number of amides is 4. The lowest BCUT2D eigenvalue weighted by Gasteiger charge is -2.29. The number of benzene rings is 1. The molecule has 0 aliphatic carbocycles. The van der Waals surface area contributed by atoms with E-state index in [1.807, 2.05) is 64.3 Å². The number of carbonyl (C=O) groups is 5. The predicted octanol–water partition coefficient (Wildman–Crippen LogP) is 2.12. The van der Waals surface area contributed by atoms with Crippen molar-refractivity contribution in [2.75, 3.05) is 12.0 Å². The zero-order valence-electron chi connectivity index (χ0n) is 23.8. The molecular formula is C28H44N4O6S. The first-order chi connectivity index (χ1) is 18.4. The fraction of sp³-hybridized carbons (Fsp3) is 0.607. The lowest BCUT2D eigenvalue weighted by atomic mass is 9.96. The molecule has 0 radical (unpaired) electrons. The summed E-state index contributed by atoms with van der Waals surface area (Å²) >= 11 is 1.54. The highest BCUT2D eigenvalue weighted by Crippen LogP contribution is 2.12. The van der Waals surface area contributed by atoms with Gasteiger partial charge in [0, 0.05) is 13.3 Å². The number of carboxylic acid groups (broad SMARTS) is 1. The van der Waals surface area contributed by atoms with Crippen molar-refractivity contribution < 1.29 is 29.1 Å². The highest BCUT2D eigenvalue weighted by molar-refractivity contribution is 7.98. The van der Waals surface area contributed by atoms with E-state index in [1.165, 1.54) is 18.7 Å². The summed E-state index contributed by atoms with van der Waals surface area (Å²) in [5.74, 6) is -2.77. The molecule has 0 aromatic heterocycles. The fourth-order valence-corrected chi connectivity index (χ4v) is 4.46. The minimum Gasteiger partial charge on any atom is -0.480 e. The molecule has 1 aromatic rings. The molecule has 5 unspecified atom stereocenters. The fourth-order valence-electron chi connectivity index (χ4n) is 3.99. The van der Waals surface area contributed by atoms with Crippen molar-refractivity contribution in [1.82, 2.24) is 21.3 Å². The third kappa shape index (κ3) is 12.5. The smallest absolute Gasteiger partial charge is 0.326 e. The van der Waals surface area contributed by atoms with Crippen LogP contribution in [0, 0.1) is 11.8 Å². The van der Waals surface area contributed by atoms with Crippen LogP contribution >= 0.6 is 11.8 Å². The molecule has 1 rings (SSSR count). The molecule has 0 aliphatic heterocycles. The summed E-state index contributed by atoms with van der Waals surface area (Å²) in [6.45, 7) is 8.74. The average molecular weight is 565 g/mol. The Labute approximate surface area is 235 Å². The lowest BCUT2D eigenvalue weighted by Crippen LogP contribution is -2.59. The zero-order valence-corrected chi connectivity index (χ0v) is 24.6. The molecule has 4 amide bonds. The Hall–Kier alpha value is -3.08. The van der Waals surface area contributed by atoms with Gasteiger partial charge in [0.1, 0.15) is 24.2 Å². The van der Waals surface area contributed by atoms with E-state index in [-0.39, 0.29) is 30.6 Å². The van der Waals surface area contributed by atoms with Crippen molar-refractivity contribution in [3.05, 3.63) is 35.9 Å². The molecule has 0 saturated carbocycles. The van der Waals surface area contributed by atoms with Gasteiger partial charge in [-0.1, -0.05) is 64.4 Å². The number of hydrogen-bond donors (Lipinski definition) is 5. The molecule has 5 atom stereocenters. The van der Waals surface area contributed by atoms with Crippen LogP contribution in [0.3, 0.4) is 0 Å². The highest BCUT2D eigenvalue weighted by atomic mass is 32.2. The number of thioether (sulfide) groups is 1. The molecule has 0 fully saturated rings. The summed E-state index contributed by atoms with van der Waals surface area (Å²) in [5.41, 5.74) is 0.778. The third-order valence-electron chi connectivity index (χ3n) is 6.34. The Morgan fingerprint density at radius 1 is 0.846 bits per heavy atom. The number of rotatable bonds is 17. The first-order valence-electron chi connectivity index (χ1n) is 13.3. The standard InChI is InChI=1S/C28H44N4O6S/c1-7-18(4)24(32-25(34)21(13-14-39-6)29-19(5)33)27(36)30-22(16-20-11-9-8-10-12-20)26(35)31-23(28(37)38)15-17(2)3/h8-12,17-18,21-24H,7,13-16H2,1-6H3,(H,29,33)(H,30,36)(H,31,35)(H,32,34)(H,37,38). The molecule has 0 bridgehead atoms.